The molecule has 29 heavy (non-hydrogen) atoms. The first-order valence-corrected chi connectivity index (χ1v) is 7.88. The Morgan fingerprint density at radius 2 is 1.79 bits per heavy atom. The monoisotopic (exact) mass is 413 g/mol. The van der Waals surface area contributed by atoms with Gasteiger partial charge >= 0.3 is 12.3 Å². The third kappa shape index (κ3) is 6.09. The van der Waals surface area contributed by atoms with Gasteiger partial charge in [-0.25, -0.2) is 4.79 Å². The zero-order valence-corrected chi connectivity index (χ0v) is 14.7. The van der Waals surface area contributed by atoms with Crippen LogP contribution in [0.5, 0.6) is 5.75 Å². The highest BCUT2D eigenvalue weighted by Crippen LogP contribution is 2.25. The van der Waals surface area contributed by atoms with Crippen LogP contribution in [-0.2, 0) is 9.53 Å². The quantitative estimate of drug-likeness (QED) is 0.321. The molecule has 0 fully saturated rings. The van der Waals surface area contributed by atoms with Gasteiger partial charge in [0.1, 0.15) is 11.4 Å². The number of nitro benzene ring substituents is 1. The zero-order chi connectivity index (χ0) is 21.8. The van der Waals surface area contributed by atoms with Crippen LogP contribution in [0.4, 0.5) is 30.2 Å². The van der Waals surface area contributed by atoms with E-state index in [4.69, 9.17) is 10.5 Å². The van der Waals surface area contributed by atoms with E-state index in [9.17, 15) is 32.9 Å². The fourth-order valence-corrected chi connectivity index (χ4v) is 2.09. The van der Waals surface area contributed by atoms with Gasteiger partial charge in [-0.1, -0.05) is 0 Å². The Labute approximate surface area is 161 Å². The van der Waals surface area contributed by atoms with Crippen molar-refractivity contribution in [3.63, 3.8) is 0 Å². The van der Waals surface area contributed by atoms with E-state index in [0.717, 1.165) is 36.4 Å². The average molecular weight is 413 g/mol. The number of amides is 1. The highest BCUT2D eigenvalue weighted by molar-refractivity contribution is 5.97. The summed E-state index contributed by atoms with van der Waals surface area (Å²) in [6.07, 6.45) is -6.14. The second-order valence-corrected chi connectivity index (χ2v) is 5.64. The van der Waals surface area contributed by atoms with E-state index < -0.39 is 40.7 Å². The Bertz CT molecular complexity index is 931. The molecule has 1 unspecified atom stereocenters. The van der Waals surface area contributed by atoms with E-state index >= 15 is 0 Å². The summed E-state index contributed by atoms with van der Waals surface area (Å²) >= 11 is 0. The molecule has 9 nitrogen and oxygen atoms in total. The maximum Gasteiger partial charge on any atom is 0.573 e. The number of anilines is 2. The van der Waals surface area contributed by atoms with Crippen LogP contribution in [0, 0.1) is 10.1 Å². The van der Waals surface area contributed by atoms with Crippen molar-refractivity contribution in [2.45, 2.75) is 19.4 Å². The van der Waals surface area contributed by atoms with Crippen molar-refractivity contribution in [1.29, 1.82) is 0 Å². The van der Waals surface area contributed by atoms with E-state index in [-0.39, 0.29) is 16.9 Å². The van der Waals surface area contributed by atoms with Gasteiger partial charge in [0, 0.05) is 11.8 Å². The summed E-state index contributed by atoms with van der Waals surface area (Å²) < 4.78 is 45.0. The van der Waals surface area contributed by atoms with Crippen LogP contribution in [0.25, 0.3) is 0 Å². The number of carbonyl (C=O) groups is 2. The van der Waals surface area contributed by atoms with Crippen molar-refractivity contribution < 1.29 is 37.2 Å². The summed E-state index contributed by atoms with van der Waals surface area (Å²) in [6.45, 7) is 1.25. The first kappa shape index (κ1) is 21.5. The smallest absolute Gasteiger partial charge is 0.449 e. The topological polar surface area (TPSA) is 134 Å². The SMILES string of the molecule is CC(OC(=O)c1ccc(N)c([N+](=O)[O-])c1)C(=O)Nc1ccc(OC(F)(F)F)cc1. The van der Waals surface area contributed by atoms with Crippen LogP contribution in [0.1, 0.15) is 17.3 Å². The minimum atomic E-state index is -4.84. The summed E-state index contributed by atoms with van der Waals surface area (Å²) in [4.78, 5) is 34.3. The maximum atomic E-state index is 12.1. The van der Waals surface area contributed by atoms with E-state index in [0.29, 0.717) is 0 Å². The van der Waals surface area contributed by atoms with Gasteiger partial charge in [-0.2, -0.15) is 0 Å². The summed E-state index contributed by atoms with van der Waals surface area (Å²) in [5.74, 6) is -2.24. The lowest BCUT2D eigenvalue weighted by Crippen LogP contribution is -2.30. The number of nitrogens with one attached hydrogen (secondary N) is 1. The van der Waals surface area contributed by atoms with Crippen LogP contribution in [0.2, 0.25) is 0 Å². The fourth-order valence-electron chi connectivity index (χ4n) is 2.09. The van der Waals surface area contributed by atoms with Gasteiger partial charge in [-0.3, -0.25) is 14.9 Å². The number of esters is 1. The molecular weight excluding hydrogens is 399 g/mol. The third-order valence-corrected chi connectivity index (χ3v) is 3.47. The molecule has 2 aromatic carbocycles. The van der Waals surface area contributed by atoms with Crippen LogP contribution < -0.4 is 15.8 Å². The standard InChI is InChI=1S/C17H14F3N3O6/c1-9(28-16(25)10-2-7-13(21)14(8-10)23(26)27)15(24)22-11-3-5-12(6-4-11)29-17(18,19)20/h2-9H,21H2,1H3,(H,22,24). The van der Waals surface area contributed by atoms with Gasteiger partial charge < -0.3 is 20.5 Å². The molecule has 0 aromatic heterocycles. The van der Waals surface area contributed by atoms with Crippen LogP contribution >= 0.6 is 0 Å². The van der Waals surface area contributed by atoms with Crippen molar-refractivity contribution in [1.82, 2.24) is 0 Å². The molecule has 154 valence electrons. The van der Waals surface area contributed by atoms with Gasteiger partial charge in [0.15, 0.2) is 6.10 Å². The number of nitro groups is 1. The summed E-state index contributed by atoms with van der Waals surface area (Å²) in [5, 5.41) is 13.2. The van der Waals surface area contributed by atoms with Gasteiger partial charge in [-0.05, 0) is 43.3 Å². The number of benzene rings is 2. The molecule has 0 heterocycles. The largest absolute Gasteiger partial charge is 0.573 e. The summed E-state index contributed by atoms with van der Waals surface area (Å²) in [6, 6.07) is 7.59. The van der Waals surface area contributed by atoms with Gasteiger partial charge in [-0.15, -0.1) is 13.2 Å². The van der Waals surface area contributed by atoms with Gasteiger partial charge in [0.25, 0.3) is 11.6 Å². The molecule has 0 aliphatic rings. The van der Waals surface area contributed by atoms with E-state index in [1.807, 2.05) is 0 Å². The number of halogens is 3. The van der Waals surface area contributed by atoms with Crippen molar-refractivity contribution in [3.05, 3.63) is 58.1 Å². The lowest BCUT2D eigenvalue weighted by atomic mass is 10.2. The Hall–Kier alpha value is -3.83. The Morgan fingerprint density at radius 3 is 2.34 bits per heavy atom. The lowest BCUT2D eigenvalue weighted by molar-refractivity contribution is -0.383. The van der Waals surface area contributed by atoms with Crippen molar-refractivity contribution in [2.75, 3.05) is 11.1 Å². The molecule has 0 aliphatic carbocycles. The zero-order valence-electron chi connectivity index (χ0n) is 14.7. The summed E-state index contributed by atoms with van der Waals surface area (Å²) in [5.41, 5.74) is 4.76. The van der Waals surface area contributed by atoms with Crippen molar-refractivity contribution in [2.24, 2.45) is 0 Å². The predicted molar refractivity (Wildman–Crippen MR) is 94.1 cm³/mol. The number of nitrogens with two attached hydrogens (primary N) is 1. The van der Waals surface area contributed by atoms with Crippen LogP contribution in [0.15, 0.2) is 42.5 Å². The molecule has 2 aromatic rings. The fraction of sp³-hybridized carbons (Fsp3) is 0.176. The Balaban J connectivity index is 1.99. The van der Waals surface area contributed by atoms with Crippen LogP contribution in [0.3, 0.4) is 0 Å². The molecule has 0 radical (unpaired) electrons. The van der Waals surface area contributed by atoms with E-state index in [1.165, 1.54) is 13.0 Å². The molecule has 1 amide bonds. The highest BCUT2D eigenvalue weighted by atomic mass is 19.4. The molecular formula is C17H14F3N3O6. The number of carbonyl (C=O) groups excluding carboxylic acids is 2. The molecule has 3 N–H and O–H groups in total. The molecule has 2 rings (SSSR count). The average Bonchev–Trinajstić information content (AvgIpc) is 2.62. The second kappa shape index (κ2) is 8.46. The Morgan fingerprint density at radius 1 is 1.17 bits per heavy atom. The van der Waals surface area contributed by atoms with E-state index in [1.54, 1.807) is 0 Å². The second-order valence-electron chi connectivity index (χ2n) is 5.64. The number of nitrogens with zero attached hydrogens (tertiary/aromatic N) is 1. The minimum absolute atomic E-state index is 0.135. The third-order valence-electron chi connectivity index (χ3n) is 3.47. The maximum absolute atomic E-state index is 12.1. The molecule has 12 heteroatoms. The van der Waals surface area contributed by atoms with E-state index in [2.05, 4.69) is 10.1 Å². The normalized spacial score (nSPS) is 12.0. The number of hydrogen-bond acceptors (Lipinski definition) is 7. The molecule has 0 saturated heterocycles. The minimum Gasteiger partial charge on any atom is -0.449 e. The first-order valence-electron chi connectivity index (χ1n) is 7.88. The number of rotatable bonds is 6. The van der Waals surface area contributed by atoms with Crippen molar-refractivity contribution in [3.8, 4) is 5.75 Å². The number of ether oxygens (including phenoxy) is 2. The molecule has 0 bridgehead atoms. The van der Waals surface area contributed by atoms with Gasteiger partial charge in [0.2, 0.25) is 0 Å². The van der Waals surface area contributed by atoms with Crippen LogP contribution in [-0.4, -0.2) is 29.3 Å². The summed E-state index contributed by atoms with van der Waals surface area (Å²) in [7, 11) is 0. The predicted octanol–water partition coefficient (Wildman–Crippen LogP) is 3.26. The highest BCUT2D eigenvalue weighted by Gasteiger charge is 2.31. The number of alkyl halides is 3. The first-order chi connectivity index (χ1) is 13.5. The molecule has 0 spiro atoms. The molecule has 0 saturated carbocycles. The molecule has 1 atom stereocenters. The molecule has 0 aliphatic heterocycles. The van der Waals surface area contributed by atoms with Crippen molar-refractivity contribution >= 4 is 28.9 Å². The van der Waals surface area contributed by atoms with Gasteiger partial charge in [0.05, 0.1) is 10.5 Å². The lowest BCUT2D eigenvalue weighted by Gasteiger charge is -2.14. The number of nitrogen functional groups attached to an aromatic ring is 1. The Kier molecular flexibility index (Phi) is 6.26. The number of hydrogen-bond donors (Lipinski definition) is 2.